The molecule has 1 aliphatic rings. The molecule has 1 amide bonds. The van der Waals surface area contributed by atoms with Gasteiger partial charge in [-0.3, -0.25) is 4.79 Å². The second kappa shape index (κ2) is 5.70. The first-order valence-corrected chi connectivity index (χ1v) is 5.30. The number of carboxylic acid groups (broad SMARTS) is 1. The molecule has 1 rings (SSSR count). The fraction of sp³-hybridized carbons (Fsp3) is 0.800. The van der Waals surface area contributed by atoms with E-state index in [2.05, 4.69) is 5.32 Å². The highest BCUT2D eigenvalue weighted by molar-refractivity contribution is 5.86. The molecule has 0 aliphatic carbocycles. The van der Waals surface area contributed by atoms with Gasteiger partial charge in [-0.05, 0) is 19.3 Å². The van der Waals surface area contributed by atoms with Crippen LogP contribution in [0, 0.1) is 0 Å². The predicted molar refractivity (Wildman–Crippen MR) is 53.4 cm³/mol. The van der Waals surface area contributed by atoms with Crippen LogP contribution in [-0.4, -0.2) is 35.7 Å². The number of carbonyl (C=O) groups excluding carboxylic acids is 1. The maximum Gasteiger partial charge on any atom is 0.326 e. The summed E-state index contributed by atoms with van der Waals surface area (Å²) in [5.74, 6) is -1.28. The van der Waals surface area contributed by atoms with Gasteiger partial charge in [0.2, 0.25) is 5.91 Å². The van der Waals surface area contributed by atoms with E-state index in [9.17, 15) is 9.59 Å². The van der Waals surface area contributed by atoms with Gasteiger partial charge in [-0.15, -0.1) is 0 Å². The lowest BCUT2D eigenvalue weighted by molar-refractivity contribution is -0.143. The second-order valence-corrected chi connectivity index (χ2v) is 3.69. The van der Waals surface area contributed by atoms with Crippen molar-refractivity contribution in [2.45, 2.75) is 44.8 Å². The number of hydrogen-bond acceptors (Lipinski definition) is 3. The molecule has 1 fully saturated rings. The molecule has 0 aromatic heterocycles. The van der Waals surface area contributed by atoms with Gasteiger partial charge in [0.05, 0.1) is 0 Å². The van der Waals surface area contributed by atoms with Crippen molar-refractivity contribution >= 4 is 11.9 Å². The predicted octanol–water partition coefficient (Wildman–Crippen LogP) is 0.535. The van der Waals surface area contributed by atoms with E-state index in [1.807, 2.05) is 6.92 Å². The molecular weight excluding hydrogens is 198 g/mol. The summed E-state index contributed by atoms with van der Waals surface area (Å²) >= 11 is 0. The SMILES string of the molecule is CCC[C@@H](NC(=O)[C@@H]1CCCO1)C(=O)O. The Labute approximate surface area is 88.8 Å². The van der Waals surface area contributed by atoms with Crippen LogP contribution in [-0.2, 0) is 14.3 Å². The quantitative estimate of drug-likeness (QED) is 0.701. The van der Waals surface area contributed by atoms with Crippen molar-refractivity contribution in [1.29, 1.82) is 0 Å². The van der Waals surface area contributed by atoms with Crippen LogP contribution in [0.3, 0.4) is 0 Å². The number of carbonyl (C=O) groups is 2. The second-order valence-electron chi connectivity index (χ2n) is 3.69. The number of carboxylic acids is 1. The standard InChI is InChI=1S/C10H17NO4/c1-2-4-7(10(13)14)11-9(12)8-5-3-6-15-8/h7-8H,2-6H2,1H3,(H,11,12)(H,13,14)/t7-,8+/m1/s1. The fourth-order valence-corrected chi connectivity index (χ4v) is 1.60. The molecule has 0 bridgehead atoms. The molecule has 0 unspecified atom stereocenters. The zero-order valence-corrected chi connectivity index (χ0v) is 8.86. The van der Waals surface area contributed by atoms with E-state index in [1.165, 1.54) is 0 Å². The molecule has 5 heteroatoms. The first-order chi connectivity index (χ1) is 7.15. The topological polar surface area (TPSA) is 75.6 Å². The lowest BCUT2D eigenvalue weighted by Gasteiger charge is -2.16. The third-order valence-electron chi connectivity index (χ3n) is 2.41. The molecule has 1 aliphatic heterocycles. The molecule has 0 aromatic carbocycles. The van der Waals surface area contributed by atoms with Gasteiger partial charge in [0, 0.05) is 6.61 Å². The summed E-state index contributed by atoms with van der Waals surface area (Å²) in [6.07, 6.45) is 2.27. The first kappa shape index (κ1) is 12.0. The van der Waals surface area contributed by atoms with Crippen LogP contribution in [0.5, 0.6) is 0 Å². The summed E-state index contributed by atoms with van der Waals surface area (Å²) in [6.45, 7) is 2.47. The Hall–Kier alpha value is -1.10. The van der Waals surface area contributed by atoms with Gasteiger partial charge >= 0.3 is 5.97 Å². The van der Waals surface area contributed by atoms with Gasteiger partial charge in [0.15, 0.2) is 0 Å². The number of hydrogen-bond donors (Lipinski definition) is 2. The van der Waals surface area contributed by atoms with Gasteiger partial charge < -0.3 is 15.2 Å². The minimum absolute atomic E-state index is 0.298. The molecule has 0 spiro atoms. The highest BCUT2D eigenvalue weighted by Crippen LogP contribution is 2.12. The zero-order valence-electron chi connectivity index (χ0n) is 8.86. The van der Waals surface area contributed by atoms with E-state index in [0.29, 0.717) is 19.4 Å². The lowest BCUT2D eigenvalue weighted by atomic mass is 10.1. The zero-order chi connectivity index (χ0) is 11.3. The Morgan fingerprint density at radius 1 is 1.60 bits per heavy atom. The molecule has 15 heavy (non-hydrogen) atoms. The van der Waals surface area contributed by atoms with Gasteiger partial charge in [0.1, 0.15) is 12.1 Å². The third-order valence-corrected chi connectivity index (χ3v) is 2.41. The van der Waals surface area contributed by atoms with Crippen LogP contribution < -0.4 is 5.32 Å². The summed E-state index contributed by atoms with van der Waals surface area (Å²) in [6, 6.07) is -0.785. The molecule has 0 saturated carbocycles. The molecule has 1 heterocycles. The largest absolute Gasteiger partial charge is 0.480 e. The minimum Gasteiger partial charge on any atom is -0.480 e. The lowest BCUT2D eigenvalue weighted by Crippen LogP contribution is -2.45. The maximum atomic E-state index is 11.5. The monoisotopic (exact) mass is 215 g/mol. The first-order valence-electron chi connectivity index (χ1n) is 5.30. The van der Waals surface area contributed by atoms with Crippen LogP contribution in [0.4, 0.5) is 0 Å². The molecular formula is C10H17NO4. The van der Waals surface area contributed by atoms with E-state index in [4.69, 9.17) is 9.84 Å². The van der Waals surface area contributed by atoms with Crippen LogP contribution in [0.15, 0.2) is 0 Å². The molecule has 1 saturated heterocycles. The van der Waals surface area contributed by atoms with Crippen LogP contribution in [0.2, 0.25) is 0 Å². The van der Waals surface area contributed by atoms with E-state index in [0.717, 1.165) is 12.8 Å². The molecule has 0 radical (unpaired) electrons. The van der Waals surface area contributed by atoms with E-state index in [-0.39, 0.29) is 5.91 Å². The van der Waals surface area contributed by atoms with E-state index >= 15 is 0 Å². The molecule has 2 atom stereocenters. The summed E-state index contributed by atoms with van der Waals surface area (Å²) < 4.78 is 5.17. The highest BCUT2D eigenvalue weighted by Gasteiger charge is 2.27. The molecule has 5 nitrogen and oxygen atoms in total. The Bertz CT molecular complexity index is 236. The Balaban J connectivity index is 2.42. The minimum atomic E-state index is -0.983. The number of aliphatic carboxylic acids is 1. The van der Waals surface area contributed by atoms with Crippen LogP contribution in [0.1, 0.15) is 32.6 Å². The summed E-state index contributed by atoms with van der Waals surface area (Å²) in [7, 11) is 0. The number of rotatable bonds is 5. The van der Waals surface area contributed by atoms with Crippen molar-refractivity contribution in [1.82, 2.24) is 5.32 Å². The van der Waals surface area contributed by atoms with Crippen molar-refractivity contribution in [3.63, 3.8) is 0 Å². The van der Waals surface area contributed by atoms with Crippen LogP contribution in [0.25, 0.3) is 0 Å². The van der Waals surface area contributed by atoms with Crippen molar-refractivity contribution in [2.24, 2.45) is 0 Å². The van der Waals surface area contributed by atoms with Gasteiger partial charge in [-0.1, -0.05) is 13.3 Å². The van der Waals surface area contributed by atoms with Crippen molar-refractivity contribution in [2.75, 3.05) is 6.61 Å². The van der Waals surface area contributed by atoms with E-state index < -0.39 is 18.1 Å². The molecule has 0 aromatic rings. The Morgan fingerprint density at radius 2 is 2.33 bits per heavy atom. The maximum absolute atomic E-state index is 11.5. The summed E-state index contributed by atoms with van der Waals surface area (Å²) in [5, 5.41) is 11.3. The van der Waals surface area contributed by atoms with Crippen molar-refractivity contribution < 1.29 is 19.4 Å². The van der Waals surface area contributed by atoms with Gasteiger partial charge in [0.25, 0.3) is 0 Å². The molecule has 2 N–H and O–H groups in total. The van der Waals surface area contributed by atoms with Gasteiger partial charge in [-0.2, -0.15) is 0 Å². The average Bonchev–Trinajstić information content (AvgIpc) is 2.69. The van der Waals surface area contributed by atoms with Gasteiger partial charge in [-0.25, -0.2) is 4.79 Å². The number of nitrogens with one attached hydrogen (secondary N) is 1. The number of amides is 1. The Kier molecular flexibility index (Phi) is 4.55. The van der Waals surface area contributed by atoms with Crippen molar-refractivity contribution in [3.05, 3.63) is 0 Å². The smallest absolute Gasteiger partial charge is 0.326 e. The fourth-order valence-electron chi connectivity index (χ4n) is 1.60. The molecule has 86 valence electrons. The normalized spacial score (nSPS) is 22.3. The number of ether oxygens (including phenoxy) is 1. The van der Waals surface area contributed by atoms with Crippen molar-refractivity contribution in [3.8, 4) is 0 Å². The van der Waals surface area contributed by atoms with Crippen LogP contribution >= 0.6 is 0 Å². The van der Waals surface area contributed by atoms with E-state index in [1.54, 1.807) is 0 Å². The summed E-state index contributed by atoms with van der Waals surface area (Å²) in [5.41, 5.74) is 0. The Morgan fingerprint density at radius 3 is 2.80 bits per heavy atom. The summed E-state index contributed by atoms with van der Waals surface area (Å²) in [4.78, 5) is 22.3. The highest BCUT2D eigenvalue weighted by atomic mass is 16.5. The average molecular weight is 215 g/mol. The third kappa shape index (κ3) is 3.51.